The van der Waals surface area contributed by atoms with E-state index in [1.54, 1.807) is 12.1 Å². The van der Waals surface area contributed by atoms with Crippen molar-refractivity contribution < 1.29 is 14.3 Å². The van der Waals surface area contributed by atoms with E-state index >= 15 is 0 Å². The lowest BCUT2D eigenvalue weighted by atomic mass is 10.2. The predicted molar refractivity (Wildman–Crippen MR) is 103 cm³/mol. The SMILES string of the molecule is CCCCNC(=O)CN(C(C)=O)c1ccc(OCc2ccccc2)cc1. The number of hydrogen-bond acceptors (Lipinski definition) is 3. The second-order valence-corrected chi connectivity index (χ2v) is 6.08. The van der Waals surface area contributed by atoms with Gasteiger partial charge in [-0.1, -0.05) is 43.7 Å². The van der Waals surface area contributed by atoms with E-state index in [-0.39, 0.29) is 18.4 Å². The highest BCUT2D eigenvalue weighted by molar-refractivity contribution is 5.97. The number of unbranched alkanes of at least 4 members (excludes halogenated alkanes) is 1. The molecule has 0 aliphatic heterocycles. The Morgan fingerprint density at radius 2 is 1.73 bits per heavy atom. The molecule has 0 unspecified atom stereocenters. The van der Waals surface area contributed by atoms with Gasteiger partial charge in [0.15, 0.2) is 0 Å². The van der Waals surface area contributed by atoms with Crippen LogP contribution in [0.15, 0.2) is 54.6 Å². The number of benzene rings is 2. The van der Waals surface area contributed by atoms with Gasteiger partial charge in [0, 0.05) is 19.2 Å². The topological polar surface area (TPSA) is 58.6 Å². The monoisotopic (exact) mass is 354 g/mol. The minimum absolute atomic E-state index is 0.0171. The molecular formula is C21H26N2O3. The first-order valence-corrected chi connectivity index (χ1v) is 8.91. The highest BCUT2D eigenvalue weighted by Gasteiger charge is 2.15. The molecule has 1 N–H and O–H groups in total. The summed E-state index contributed by atoms with van der Waals surface area (Å²) in [5.74, 6) is 0.389. The van der Waals surface area contributed by atoms with E-state index in [4.69, 9.17) is 4.74 Å². The van der Waals surface area contributed by atoms with E-state index in [1.165, 1.54) is 11.8 Å². The third-order valence-electron chi connectivity index (χ3n) is 3.93. The molecule has 26 heavy (non-hydrogen) atoms. The van der Waals surface area contributed by atoms with Crippen LogP contribution in [0.2, 0.25) is 0 Å². The van der Waals surface area contributed by atoms with Crippen molar-refractivity contribution in [1.82, 2.24) is 5.32 Å². The van der Waals surface area contributed by atoms with E-state index in [0.29, 0.717) is 24.6 Å². The number of amides is 2. The Labute approximate surface area is 155 Å². The Morgan fingerprint density at radius 1 is 1.04 bits per heavy atom. The van der Waals surface area contributed by atoms with Crippen LogP contribution in [0.4, 0.5) is 5.69 Å². The molecule has 5 nitrogen and oxygen atoms in total. The van der Waals surface area contributed by atoms with Crippen LogP contribution >= 0.6 is 0 Å². The zero-order chi connectivity index (χ0) is 18.8. The molecule has 0 aliphatic carbocycles. The van der Waals surface area contributed by atoms with E-state index in [2.05, 4.69) is 12.2 Å². The van der Waals surface area contributed by atoms with Crippen LogP contribution in [0.1, 0.15) is 32.3 Å². The summed E-state index contributed by atoms with van der Waals surface area (Å²) in [6, 6.07) is 17.1. The first-order chi connectivity index (χ1) is 12.6. The summed E-state index contributed by atoms with van der Waals surface area (Å²) in [4.78, 5) is 25.4. The fourth-order valence-electron chi connectivity index (χ4n) is 2.45. The van der Waals surface area contributed by atoms with E-state index in [9.17, 15) is 9.59 Å². The second-order valence-electron chi connectivity index (χ2n) is 6.08. The summed E-state index contributed by atoms with van der Waals surface area (Å²) in [6.07, 6.45) is 1.94. The molecule has 2 amide bonds. The second kappa shape index (κ2) is 10.2. The van der Waals surface area contributed by atoms with Gasteiger partial charge in [0.05, 0.1) is 0 Å². The van der Waals surface area contributed by atoms with Crippen LogP contribution < -0.4 is 15.0 Å². The first kappa shape index (κ1) is 19.5. The predicted octanol–water partition coefficient (Wildman–Crippen LogP) is 3.53. The van der Waals surface area contributed by atoms with Gasteiger partial charge in [0.2, 0.25) is 11.8 Å². The smallest absolute Gasteiger partial charge is 0.240 e. The summed E-state index contributed by atoms with van der Waals surface area (Å²) < 4.78 is 5.75. The summed E-state index contributed by atoms with van der Waals surface area (Å²) in [6.45, 7) is 4.65. The van der Waals surface area contributed by atoms with Crippen molar-refractivity contribution in [3.63, 3.8) is 0 Å². The van der Waals surface area contributed by atoms with Crippen LogP contribution in [-0.2, 0) is 16.2 Å². The minimum atomic E-state index is -0.173. The molecule has 0 saturated carbocycles. The third-order valence-corrected chi connectivity index (χ3v) is 3.93. The average Bonchev–Trinajstić information content (AvgIpc) is 2.66. The van der Waals surface area contributed by atoms with E-state index in [0.717, 1.165) is 18.4 Å². The Kier molecular flexibility index (Phi) is 7.68. The van der Waals surface area contributed by atoms with Gasteiger partial charge in [-0.3, -0.25) is 9.59 Å². The Hall–Kier alpha value is -2.82. The van der Waals surface area contributed by atoms with Gasteiger partial charge in [0.25, 0.3) is 0 Å². The van der Waals surface area contributed by atoms with Gasteiger partial charge in [-0.15, -0.1) is 0 Å². The Balaban J connectivity index is 1.94. The summed E-state index contributed by atoms with van der Waals surface area (Å²) in [5.41, 5.74) is 1.76. The maximum Gasteiger partial charge on any atom is 0.240 e. The number of nitrogens with zero attached hydrogens (tertiary/aromatic N) is 1. The van der Waals surface area contributed by atoms with E-state index < -0.39 is 0 Å². The van der Waals surface area contributed by atoms with Crippen molar-refractivity contribution >= 4 is 17.5 Å². The molecular weight excluding hydrogens is 328 g/mol. The molecule has 0 atom stereocenters. The molecule has 0 aliphatic rings. The van der Waals surface area contributed by atoms with Gasteiger partial charge < -0.3 is 15.0 Å². The van der Waals surface area contributed by atoms with Crippen molar-refractivity contribution in [3.05, 3.63) is 60.2 Å². The van der Waals surface area contributed by atoms with Gasteiger partial charge in [-0.2, -0.15) is 0 Å². The Bertz CT molecular complexity index is 699. The summed E-state index contributed by atoms with van der Waals surface area (Å²) >= 11 is 0. The molecule has 0 bridgehead atoms. The van der Waals surface area contributed by atoms with Crippen LogP contribution in [0.3, 0.4) is 0 Å². The van der Waals surface area contributed by atoms with Gasteiger partial charge >= 0.3 is 0 Å². The highest BCUT2D eigenvalue weighted by atomic mass is 16.5. The van der Waals surface area contributed by atoms with Gasteiger partial charge in [-0.05, 0) is 36.2 Å². The Morgan fingerprint density at radius 3 is 2.35 bits per heavy atom. The fourth-order valence-corrected chi connectivity index (χ4v) is 2.45. The molecule has 0 aromatic heterocycles. The molecule has 0 fully saturated rings. The van der Waals surface area contributed by atoms with Crippen molar-refractivity contribution in [2.45, 2.75) is 33.3 Å². The number of hydrogen-bond donors (Lipinski definition) is 1. The minimum Gasteiger partial charge on any atom is -0.489 e. The number of nitrogens with one attached hydrogen (secondary N) is 1. The summed E-state index contributed by atoms with van der Waals surface area (Å²) in [5, 5.41) is 2.83. The molecule has 0 radical (unpaired) electrons. The molecule has 0 heterocycles. The van der Waals surface area contributed by atoms with Crippen LogP contribution in [0.25, 0.3) is 0 Å². The van der Waals surface area contributed by atoms with Crippen molar-refractivity contribution in [3.8, 4) is 5.75 Å². The standard InChI is InChI=1S/C21H26N2O3/c1-3-4-14-22-21(25)15-23(17(2)24)19-10-12-20(13-11-19)26-16-18-8-6-5-7-9-18/h5-13H,3-4,14-16H2,1-2H3,(H,22,25). The van der Waals surface area contributed by atoms with Crippen molar-refractivity contribution in [2.75, 3.05) is 18.0 Å². The average molecular weight is 354 g/mol. The van der Waals surface area contributed by atoms with Crippen LogP contribution in [0.5, 0.6) is 5.75 Å². The lowest BCUT2D eigenvalue weighted by Crippen LogP contribution is -2.40. The molecule has 2 aromatic rings. The highest BCUT2D eigenvalue weighted by Crippen LogP contribution is 2.20. The van der Waals surface area contributed by atoms with Crippen molar-refractivity contribution in [1.29, 1.82) is 0 Å². The number of rotatable bonds is 9. The van der Waals surface area contributed by atoms with Crippen molar-refractivity contribution in [2.24, 2.45) is 0 Å². The molecule has 2 aromatic carbocycles. The third kappa shape index (κ3) is 6.24. The molecule has 2 rings (SSSR count). The fraction of sp³-hybridized carbons (Fsp3) is 0.333. The normalized spacial score (nSPS) is 10.2. The van der Waals surface area contributed by atoms with Crippen LogP contribution in [-0.4, -0.2) is 24.9 Å². The van der Waals surface area contributed by atoms with Gasteiger partial charge in [0.1, 0.15) is 18.9 Å². The molecule has 0 saturated heterocycles. The van der Waals surface area contributed by atoms with E-state index in [1.807, 2.05) is 42.5 Å². The zero-order valence-corrected chi connectivity index (χ0v) is 15.4. The maximum absolute atomic E-state index is 12.0. The zero-order valence-electron chi connectivity index (χ0n) is 15.4. The molecule has 5 heteroatoms. The quantitative estimate of drug-likeness (QED) is 0.701. The number of ether oxygens (including phenoxy) is 1. The van der Waals surface area contributed by atoms with Gasteiger partial charge in [-0.25, -0.2) is 0 Å². The summed E-state index contributed by atoms with van der Waals surface area (Å²) in [7, 11) is 0. The number of carbonyl (C=O) groups excluding carboxylic acids is 2. The molecule has 0 spiro atoms. The lowest BCUT2D eigenvalue weighted by Gasteiger charge is -2.21. The lowest BCUT2D eigenvalue weighted by molar-refractivity contribution is -0.123. The first-order valence-electron chi connectivity index (χ1n) is 8.91. The molecule has 138 valence electrons. The largest absolute Gasteiger partial charge is 0.489 e. The maximum atomic E-state index is 12.0. The number of carbonyl (C=O) groups is 2. The van der Waals surface area contributed by atoms with Crippen LogP contribution in [0, 0.1) is 0 Å². The number of anilines is 1.